The van der Waals surface area contributed by atoms with E-state index in [9.17, 15) is 0 Å². The van der Waals surface area contributed by atoms with Gasteiger partial charge in [-0.1, -0.05) is 62.3 Å². The van der Waals surface area contributed by atoms with Crippen molar-refractivity contribution in [3.8, 4) is 0 Å². The molecule has 2 aromatic rings. The van der Waals surface area contributed by atoms with Crippen molar-refractivity contribution in [1.29, 1.82) is 0 Å². The van der Waals surface area contributed by atoms with Crippen LogP contribution in [0, 0.1) is 0 Å². The summed E-state index contributed by atoms with van der Waals surface area (Å²) in [6.07, 6.45) is 5.74. The van der Waals surface area contributed by atoms with Crippen molar-refractivity contribution >= 4 is 41.9 Å². The van der Waals surface area contributed by atoms with Crippen molar-refractivity contribution in [3.05, 3.63) is 12.7 Å². The summed E-state index contributed by atoms with van der Waals surface area (Å²) in [5.41, 5.74) is 1.59. The number of piperidine rings is 1. The fourth-order valence-electron chi connectivity index (χ4n) is 5.24. The Balaban J connectivity index is 1.82. The molecule has 12 heteroatoms. The maximum Gasteiger partial charge on any atom is 0.192 e. The Bertz CT molecular complexity index is 1310. The summed E-state index contributed by atoms with van der Waals surface area (Å²) in [6, 6.07) is 0. The Kier molecular flexibility index (Phi) is 10.4. The van der Waals surface area contributed by atoms with Gasteiger partial charge >= 0.3 is 0 Å². The van der Waals surface area contributed by atoms with E-state index in [1.54, 1.807) is 6.33 Å². The van der Waals surface area contributed by atoms with Crippen molar-refractivity contribution in [3.63, 3.8) is 0 Å². The molecular formula is C33H63N5O4Si3. The number of imidazole rings is 1. The van der Waals surface area contributed by atoms with Crippen LogP contribution in [-0.2, 0) is 18.0 Å². The van der Waals surface area contributed by atoms with Crippen LogP contribution in [0.3, 0.4) is 0 Å². The van der Waals surface area contributed by atoms with Crippen molar-refractivity contribution in [2.45, 2.75) is 161 Å². The van der Waals surface area contributed by atoms with Gasteiger partial charge in [-0.2, -0.15) is 0 Å². The minimum atomic E-state index is -2.26. The van der Waals surface area contributed by atoms with Gasteiger partial charge in [0, 0.05) is 13.1 Å². The smallest absolute Gasteiger partial charge is 0.192 e. The quantitative estimate of drug-likeness (QED) is 0.244. The summed E-state index contributed by atoms with van der Waals surface area (Å²) < 4.78 is 30.7. The van der Waals surface area contributed by atoms with E-state index in [2.05, 4.69) is 111 Å². The Hall–Kier alpha value is -1.16. The van der Waals surface area contributed by atoms with E-state index in [0.717, 1.165) is 30.1 Å². The third kappa shape index (κ3) is 7.62. The predicted molar refractivity (Wildman–Crippen MR) is 193 cm³/mol. The molecule has 256 valence electrons. The highest BCUT2D eigenvalue weighted by Crippen LogP contribution is 2.47. The Morgan fingerprint density at radius 1 is 0.733 bits per heavy atom. The molecule has 0 aliphatic carbocycles. The van der Waals surface area contributed by atoms with Crippen LogP contribution in [0.5, 0.6) is 0 Å². The van der Waals surface area contributed by atoms with Gasteiger partial charge in [-0.05, 0) is 73.7 Å². The average molecular weight is 678 g/mol. The highest BCUT2D eigenvalue weighted by atomic mass is 28.4. The fourth-order valence-corrected chi connectivity index (χ4v) is 8.86. The zero-order chi connectivity index (χ0) is 33.8. The molecule has 2 aliphatic heterocycles. The molecule has 0 bridgehead atoms. The normalized spacial score (nSPS) is 24.6. The number of fused-ring (bicyclic) bond motifs is 1. The number of nitrogens with zero attached hydrogens (tertiary/aromatic N) is 5. The molecule has 4 heterocycles. The minimum Gasteiger partial charge on any atom is -0.414 e. The summed E-state index contributed by atoms with van der Waals surface area (Å²) in [7, 11) is -6.55. The van der Waals surface area contributed by atoms with Gasteiger partial charge in [0.15, 0.2) is 48.2 Å². The number of ether oxygens (including phenoxy) is 1. The van der Waals surface area contributed by atoms with Crippen molar-refractivity contribution in [2.75, 3.05) is 24.6 Å². The lowest BCUT2D eigenvalue weighted by Gasteiger charge is -2.44. The standard InChI is InChI=1S/C33H63N5O4Si3/c1-31(2,3)43(10,11)39-21-24-26(41-44(12,13)32(4,5)6)27(42-45(14,15)33(7,8)9)30(40-24)38-23-36-25-28(34-22-35-29(25)38)37-19-17-16-18-20-37/h22-24,26-27,30H,16-21H2,1-15H3/t24-,26-,27-,30-/m1/s1. The largest absolute Gasteiger partial charge is 0.414 e. The van der Waals surface area contributed by atoms with Crippen LogP contribution in [0.15, 0.2) is 12.7 Å². The van der Waals surface area contributed by atoms with Gasteiger partial charge < -0.3 is 22.9 Å². The topological polar surface area (TPSA) is 83.8 Å². The van der Waals surface area contributed by atoms with Gasteiger partial charge in [0.1, 0.15) is 24.6 Å². The van der Waals surface area contributed by atoms with Gasteiger partial charge in [-0.25, -0.2) is 15.0 Å². The molecule has 0 spiro atoms. The van der Waals surface area contributed by atoms with Crippen LogP contribution in [0.1, 0.15) is 87.8 Å². The van der Waals surface area contributed by atoms with E-state index < -0.39 is 31.2 Å². The summed E-state index contributed by atoms with van der Waals surface area (Å²) in [5, 5.41) is 0.116. The SMILES string of the molecule is CC(C)(C)[Si](C)(C)OC[C@H]1O[C@@H](n2cnc3c(N4CCCCC4)ncnc32)[C@H](O[Si](C)(C)C(C)(C)C)[C@@H]1O[Si](C)(C)C(C)(C)C. The Morgan fingerprint density at radius 2 is 1.27 bits per heavy atom. The Labute approximate surface area is 276 Å². The first-order chi connectivity index (χ1) is 20.5. The number of hydrogen-bond donors (Lipinski definition) is 0. The number of rotatable bonds is 9. The minimum absolute atomic E-state index is 0.00933. The molecule has 0 aromatic carbocycles. The highest BCUT2D eigenvalue weighted by molar-refractivity contribution is 6.75. The van der Waals surface area contributed by atoms with Crippen LogP contribution in [0.4, 0.5) is 5.82 Å². The molecule has 4 atom stereocenters. The van der Waals surface area contributed by atoms with Gasteiger partial charge in [0.05, 0.1) is 12.9 Å². The van der Waals surface area contributed by atoms with Crippen LogP contribution < -0.4 is 4.90 Å². The molecule has 9 nitrogen and oxygen atoms in total. The second kappa shape index (κ2) is 12.7. The van der Waals surface area contributed by atoms with E-state index in [1.165, 1.54) is 19.3 Å². The van der Waals surface area contributed by atoms with Crippen LogP contribution in [-0.4, -0.2) is 82.5 Å². The lowest BCUT2D eigenvalue weighted by Crippen LogP contribution is -2.54. The molecule has 0 radical (unpaired) electrons. The molecule has 0 amide bonds. The van der Waals surface area contributed by atoms with Crippen molar-refractivity contribution in [1.82, 2.24) is 19.5 Å². The molecule has 45 heavy (non-hydrogen) atoms. The molecule has 2 fully saturated rings. The van der Waals surface area contributed by atoms with Gasteiger partial charge in [0.25, 0.3) is 0 Å². The van der Waals surface area contributed by atoms with Crippen molar-refractivity contribution < 1.29 is 18.0 Å². The lowest BCUT2D eigenvalue weighted by molar-refractivity contribution is -0.0470. The molecule has 2 saturated heterocycles. The zero-order valence-electron chi connectivity index (χ0n) is 31.1. The number of anilines is 1. The van der Waals surface area contributed by atoms with Crippen molar-refractivity contribution in [2.24, 2.45) is 0 Å². The van der Waals surface area contributed by atoms with E-state index in [-0.39, 0.29) is 33.4 Å². The second-order valence-electron chi connectivity index (χ2n) is 17.9. The summed E-state index contributed by atoms with van der Waals surface area (Å²) in [5.74, 6) is 0.908. The van der Waals surface area contributed by atoms with Gasteiger partial charge in [0.2, 0.25) is 0 Å². The highest BCUT2D eigenvalue weighted by Gasteiger charge is 2.55. The lowest BCUT2D eigenvalue weighted by atomic mass is 10.1. The van der Waals surface area contributed by atoms with Crippen LogP contribution in [0.2, 0.25) is 54.4 Å². The maximum atomic E-state index is 7.36. The molecule has 4 rings (SSSR count). The molecule has 2 aliphatic rings. The first-order valence-electron chi connectivity index (χ1n) is 17.0. The molecular weight excluding hydrogens is 615 g/mol. The van der Waals surface area contributed by atoms with Gasteiger partial charge in [-0.15, -0.1) is 0 Å². The number of aromatic nitrogens is 4. The van der Waals surface area contributed by atoms with E-state index in [4.69, 9.17) is 33.0 Å². The van der Waals surface area contributed by atoms with E-state index in [0.29, 0.717) is 6.61 Å². The van der Waals surface area contributed by atoms with E-state index in [1.807, 2.05) is 6.33 Å². The molecule has 2 aromatic heterocycles. The van der Waals surface area contributed by atoms with E-state index >= 15 is 0 Å². The molecule has 0 N–H and O–H groups in total. The fraction of sp³-hybridized carbons (Fsp3) is 0.848. The predicted octanol–water partition coefficient (Wildman–Crippen LogP) is 8.52. The summed E-state index contributed by atoms with van der Waals surface area (Å²) >= 11 is 0. The van der Waals surface area contributed by atoms with Crippen LogP contribution >= 0.6 is 0 Å². The number of hydrogen-bond acceptors (Lipinski definition) is 8. The third-order valence-electron chi connectivity index (χ3n) is 11.4. The molecule has 0 saturated carbocycles. The third-order valence-corrected chi connectivity index (χ3v) is 24.9. The van der Waals surface area contributed by atoms with Gasteiger partial charge in [-0.3, -0.25) is 4.57 Å². The summed E-state index contributed by atoms with van der Waals surface area (Å²) in [4.78, 5) is 16.8. The Morgan fingerprint density at radius 3 is 1.80 bits per heavy atom. The van der Waals surface area contributed by atoms with Crippen LogP contribution in [0.25, 0.3) is 11.2 Å². The zero-order valence-corrected chi connectivity index (χ0v) is 34.1. The summed E-state index contributed by atoms with van der Waals surface area (Å²) in [6.45, 7) is 36.9. The first kappa shape index (κ1) is 36.7. The first-order valence-corrected chi connectivity index (χ1v) is 25.8. The maximum absolute atomic E-state index is 7.36. The monoisotopic (exact) mass is 677 g/mol. The molecule has 0 unspecified atom stereocenters. The second-order valence-corrected chi connectivity index (χ2v) is 32.2. The average Bonchev–Trinajstić information content (AvgIpc) is 3.47.